The molecule has 7 heteroatoms. The van der Waals surface area contributed by atoms with Gasteiger partial charge in [0, 0.05) is 29.7 Å². The highest BCUT2D eigenvalue weighted by molar-refractivity contribution is 6.09. The number of rotatable bonds is 4. The van der Waals surface area contributed by atoms with Gasteiger partial charge in [-0.15, -0.1) is 0 Å². The maximum absolute atomic E-state index is 12.5. The number of nitrogens with zero attached hydrogens (tertiary/aromatic N) is 2. The van der Waals surface area contributed by atoms with Crippen molar-refractivity contribution in [3.8, 4) is 11.6 Å². The lowest BCUT2D eigenvalue weighted by molar-refractivity contribution is -0.119. The van der Waals surface area contributed by atoms with Gasteiger partial charge in [0.15, 0.2) is 0 Å². The maximum atomic E-state index is 12.5. The van der Waals surface area contributed by atoms with E-state index in [4.69, 9.17) is 4.74 Å². The Morgan fingerprint density at radius 2 is 1.89 bits per heavy atom. The first kappa shape index (κ1) is 17.7. The Hall–Kier alpha value is -3.74. The van der Waals surface area contributed by atoms with Crippen molar-refractivity contribution in [1.82, 2.24) is 9.97 Å². The summed E-state index contributed by atoms with van der Waals surface area (Å²) in [5.74, 6) is 0.675. The van der Waals surface area contributed by atoms with E-state index in [0.717, 1.165) is 5.56 Å². The Balaban J connectivity index is 1.46. The normalized spacial score (nSPS) is 14.1. The molecule has 0 atom stereocenters. The van der Waals surface area contributed by atoms with Crippen LogP contribution in [0.1, 0.15) is 29.8 Å². The molecule has 140 valence electrons. The van der Waals surface area contributed by atoms with E-state index in [1.807, 2.05) is 19.9 Å². The third kappa shape index (κ3) is 3.29. The summed E-state index contributed by atoms with van der Waals surface area (Å²) >= 11 is 0. The van der Waals surface area contributed by atoms with E-state index in [-0.39, 0.29) is 11.8 Å². The quantitative estimate of drug-likeness (QED) is 0.725. The predicted molar refractivity (Wildman–Crippen MR) is 105 cm³/mol. The second kappa shape index (κ2) is 6.77. The van der Waals surface area contributed by atoms with Crippen LogP contribution >= 0.6 is 0 Å². The molecule has 2 N–H and O–H groups in total. The molecule has 0 saturated carbocycles. The largest absolute Gasteiger partial charge is 0.439 e. The zero-order valence-corrected chi connectivity index (χ0v) is 15.4. The summed E-state index contributed by atoms with van der Waals surface area (Å²) in [6.07, 6.45) is 4.78. The molecule has 28 heavy (non-hydrogen) atoms. The molecule has 4 rings (SSSR count). The molecule has 7 nitrogen and oxygen atoms in total. The summed E-state index contributed by atoms with van der Waals surface area (Å²) in [5.41, 5.74) is 1.94. The van der Waals surface area contributed by atoms with Gasteiger partial charge in [0.25, 0.3) is 5.91 Å². The highest BCUT2D eigenvalue weighted by Gasteiger charge is 2.38. The summed E-state index contributed by atoms with van der Waals surface area (Å²) in [6, 6.07) is 12.0. The summed E-state index contributed by atoms with van der Waals surface area (Å²) in [4.78, 5) is 32.7. The average molecular weight is 374 g/mol. The number of amides is 2. The lowest BCUT2D eigenvalue weighted by atomic mass is 9.86. The van der Waals surface area contributed by atoms with Gasteiger partial charge in [0.05, 0.1) is 17.3 Å². The molecular formula is C21H18N4O3. The standard InChI is InChI=1S/C21H18N4O3/c1-21(2)16-5-3-13(11-17(16)25-20(21)27)19(26)24-14-4-6-18(23-12-14)28-15-7-9-22-10-8-15/h3-12H,1-2H3,(H,24,26)(H,25,27). The van der Waals surface area contributed by atoms with Crippen LogP contribution < -0.4 is 15.4 Å². The molecule has 0 fully saturated rings. The number of carbonyl (C=O) groups is 2. The lowest BCUT2D eigenvalue weighted by Gasteiger charge is -2.15. The van der Waals surface area contributed by atoms with Crippen LogP contribution in [0.15, 0.2) is 61.1 Å². The number of benzene rings is 1. The van der Waals surface area contributed by atoms with Crippen molar-refractivity contribution in [2.45, 2.75) is 19.3 Å². The molecule has 0 spiro atoms. The molecule has 1 aromatic carbocycles. The van der Waals surface area contributed by atoms with Gasteiger partial charge >= 0.3 is 0 Å². The van der Waals surface area contributed by atoms with Gasteiger partial charge in [0.2, 0.25) is 11.8 Å². The Morgan fingerprint density at radius 3 is 2.61 bits per heavy atom. The summed E-state index contributed by atoms with van der Waals surface area (Å²) in [6.45, 7) is 3.71. The summed E-state index contributed by atoms with van der Waals surface area (Å²) in [5, 5.41) is 5.62. The number of hydrogen-bond acceptors (Lipinski definition) is 5. The van der Waals surface area contributed by atoms with Crippen LogP contribution in [0.5, 0.6) is 11.6 Å². The fourth-order valence-corrected chi connectivity index (χ4v) is 2.98. The Labute approximate surface area is 161 Å². The number of aromatic nitrogens is 2. The van der Waals surface area contributed by atoms with E-state index >= 15 is 0 Å². The van der Waals surface area contributed by atoms with E-state index in [2.05, 4.69) is 20.6 Å². The van der Waals surface area contributed by atoms with E-state index in [9.17, 15) is 9.59 Å². The topological polar surface area (TPSA) is 93.2 Å². The molecule has 1 aliphatic rings. The lowest BCUT2D eigenvalue weighted by Crippen LogP contribution is -2.26. The number of carbonyl (C=O) groups excluding carboxylic acids is 2. The molecular weight excluding hydrogens is 356 g/mol. The molecule has 0 unspecified atom stereocenters. The first-order valence-corrected chi connectivity index (χ1v) is 8.75. The van der Waals surface area contributed by atoms with Gasteiger partial charge in [-0.3, -0.25) is 14.6 Å². The minimum Gasteiger partial charge on any atom is -0.439 e. The third-order valence-corrected chi connectivity index (χ3v) is 4.64. The second-order valence-corrected chi connectivity index (χ2v) is 6.96. The molecule has 2 aromatic heterocycles. The van der Waals surface area contributed by atoms with E-state index in [1.54, 1.807) is 48.8 Å². The third-order valence-electron chi connectivity index (χ3n) is 4.64. The van der Waals surface area contributed by atoms with Crippen molar-refractivity contribution in [1.29, 1.82) is 0 Å². The van der Waals surface area contributed by atoms with Gasteiger partial charge in [-0.2, -0.15) is 0 Å². The van der Waals surface area contributed by atoms with Gasteiger partial charge in [0.1, 0.15) is 5.75 Å². The molecule has 0 aliphatic carbocycles. The van der Waals surface area contributed by atoms with Crippen molar-refractivity contribution in [2.24, 2.45) is 0 Å². The first-order valence-electron chi connectivity index (χ1n) is 8.75. The predicted octanol–water partition coefficient (Wildman–Crippen LogP) is 3.75. The minimum atomic E-state index is -0.598. The van der Waals surface area contributed by atoms with E-state index < -0.39 is 5.41 Å². The average Bonchev–Trinajstić information content (AvgIpc) is 2.92. The number of pyridine rings is 2. The first-order chi connectivity index (χ1) is 13.4. The smallest absolute Gasteiger partial charge is 0.255 e. The van der Waals surface area contributed by atoms with Crippen molar-refractivity contribution in [2.75, 3.05) is 10.6 Å². The van der Waals surface area contributed by atoms with E-state index in [0.29, 0.717) is 28.6 Å². The molecule has 2 amide bonds. The van der Waals surface area contributed by atoms with Gasteiger partial charge in [-0.05, 0) is 49.7 Å². The molecule has 0 saturated heterocycles. The zero-order valence-electron chi connectivity index (χ0n) is 15.4. The van der Waals surface area contributed by atoms with Crippen LogP contribution in [0.4, 0.5) is 11.4 Å². The number of nitrogens with one attached hydrogen (secondary N) is 2. The highest BCUT2D eigenvalue weighted by Crippen LogP contribution is 2.37. The van der Waals surface area contributed by atoms with Crippen molar-refractivity contribution >= 4 is 23.2 Å². The fraction of sp³-hybridized carbons (Fsp3) is 0.143. The minimum absolute atomic E-state index is 0.0750. The van der Waals surface area contributed by atoms with Crippen molar-refractivity contribution in [3.63, 3.8) is 0 Å². The molecule has 3 aromatic rings. The molecule has 0 radical (unpaired) electrons. The number of ether oxygens (including phenoxy) is 1. The Bertz CT molecular complexity index is 1050. The van der Waals surface area contributed by atoms with Gasteiger partial charge in [-0.25, -0.2) is 4.98 Å². The SMILES string of the molecule is CC1(C)C(=O)Nc2cc(C(=O)Nc3ccc(Oc4ccncc4)nc3)ccc21. The van der Waals surface area contributed by atoms with Crippen LogP contribution in [-0.2, 0) is 10.2 Å². The van der Waals surface area contributed by atoms with Crippen LogP contribution in [0.3, 0.4) is 0 Å². The Morgan fingerprint density at radius 1 is 1.11 bits per heavy atom. The van der Waals surface area contributed by atoms with Gasteiger partial charge < -0.3 is 15.4 Å². The number of fused-ring (bicyclic) bond motifs is 1. The van der Waals surface area contributed by atoms with Crippen LogP contribution in [0, 0.1) is 0 Å². The van der Waals surface area contributed by atoms with Crippen molar-refractivity contribution < 1.29 is 14.3 Å². The fourth-order valence-electron chi connectivity index (χ4n) is 2.98. The maximum Gasteiger partial charge on any atom is 0.255 e. The van der Waals surface area contributed by atoms with Gasteiger partial charge in [-0.1, -0.05) is 6.07 Å². The monoisotopic (exact) mass is 374 g/mol. The second-order valence-electron chi connectivity index (χ2n) is 6.96. The van der Waals surface area contributed by atoms with Crippen LogP contribution in [0.2, 0.25) is 0 Å². The molecule has 1 aliphatic heterocycles. The zero-order chi connectivity index (χ0) is 19.7. The van der Waals surface area contributed by atoms with E-state index in [1.165, 1.54) is 6.20 Å². The van der Waals surface area contributed by atoms with Crippen molar-refractivity contribution in [3.05, 3.63) is 72.2 Å². The Kier molecular flexibility index (Phi) is 4.27. The van der Waals surface area contributed by atoms with Crippen LogP contribution in [0.25, 0.3) is 0 Å². The van der Waals surface area contributed by atoms with Crippen LogP contribution in [-0.4, -0.2) is 21.8 Å². The number of hydrogen-bond donors (Lipinski definition) is 2. The number of anilines is 2. The summed E-state index contributed by atoms with van der Waals surface area (Å²) < 4.78 is 5.60. The molecule has 0 bridgehead atoms. The highest BCUT2D eigenvalue weighted by atomic mass is 16.5. The summed E-state index contributed by atoms with van der Waals surface area (Å²) in [7, 11) is 0. The molecule has 3 heterocycles.